The second-order valence-electron chi connectivity index (χ2n) is 4.74. The molecule has 100 valence electrons. The van der Waals surface area contributed by atoms with E-state index in [1.165, 1.54) is 5.56 Å². The van der Waals surface area contributed by atoms with Gasteiger partial charge in [-0.1, -0.05) is 17.7 Å². The largest absolute Gasteiger partial charge is 0.480 e. The highest BCUT2D eigenvalue weighted by molar-refractivity contribution is 5.79. The Balaban J connectivity index is 2.91. The number of nitrogens with one attached hydrogen (secondary N) is 1. The van der Waals surface area contributed by atoms with Crippen molar-refractivity contribution < 1.29 is 9.90 Å². The van der Waals surface area contributed by atoms with Crippen molar-refractivity contribution in [3.63, 3.8) is 0 Å². The van der Waals surface area contributed by atoms with Crippen LogP contribution in [0.1, 0.15) is 19.4 Å². The number of likely N-dealkylation sites (N-methyl/N-ethyl adjacent to an activating group) is 2. The van der Waals surface area contributed by atoms with Gasteiger partial charge in [-0.05, 0) is 40.0 Å². The molecule has 0 aliphatic carbocycles. The van der Waals surface area contributed by atoms with Crippen molar-refractivity contribution in [1.29, 1.82) is 0 Å². The molecule has 0 saturated heterocycles. The summed E-state index contributed by atoms with van der Waals surface area (Å²) in [6.45, 7) is 6.96. The Hall–Kier alpha value is -1.55. The molecular formula is C14H22N2O2. The van der Waals surface area contributed by atoms with Crippen LogP contribution in [0.5, 0.6) is 0 Å². The molecule has 1 aromatic rings. The maximum absolute atomic E-state index is 11.3. The highest BCUT2D eigenvalue weighted by Gasteiger charge is 2.33. The van der Waals surface area contributed by atoms with Gasteiger partial charge < -0.3 is 15.3 Å². The van der Waals surface area contributed by atoms with Gasteiger partial charge in [-0.25, -0.2) is 0 Å². The molecule has 4 heteroatoms. The number of anilines is 1. The molecule has 4 nitrogen and oxygen atoms in total. The fourth-order valence-corrected chi connectivity index (χ4v) is 1.78. The van der Waals surface area contributed by atoms with E-state index in [0.717, 1.165) is 12.2 Å². The molecule has 0 aliphatic rings. The molecule has 0 aliphatic heterocycles. The lowest BCUT2D eigenvalue weighted by Crippen LogP contribution is -2.55. The van der Waals surface area contributed by atoms with E-state index < -0.39 is 11.5 Å². The van der Waals surface area contributed by atoms with E-state index >= 15 is 0 Å². The normalized spacial score (nSPS) is 14.0. The predicted octanol–water partition coefficient (Wildman–Crippen LogP) is 1.88. The van der Waals surface area contributed by atoms with Crippen molar-refractivity contribution in [2.24, 2.45) is 0 Å². The molecule has 1 atom stereocenters. The first-order valence-electron chi connectivity index (χ1n) is 6.17. The van der Waals surface area contributed by atoms with Crippen molar-refractivity contribution in [2.75, 3.05) is 25.0 Å². The quantitative estimate of drug-likeness (QED) is 0.809. The fraction of sp³-hybridized carbons (Fsp3) is 0.500. The molecule has 0 spiro atoms. The van der Waals surface area contributed by atoms with Crippen LogP contribution in [0.4, 0.5) is 5.69 Å². The Bertz CT molecular complexity index is 403. The first-order chi connectivity index (χ1) is 8.42. The molecule has 2 N–H and O–H groups in total. The number of carboxylic acids is 1. The molecule has 1 aromatic carbocycles. The molecule has 0 saturated carbocycles. The molecular weight excluding hydrogens is 228 g/mol. The van der Waals surface area contributed by atoms with E-state index in [-0.39, 0.29) is 0 Å². The summed E-state index contributed by atoms with van der Waals surface area (Å²) >= 11 is 0. The zero-order valence-electron chi connectivity index (χ0n) is 11.5. The van der Waals surface area contributed by atoms with Crippen molar-refractivity contribution in [2.45, 2.75) is 26.3 Å². The van der Waals surface area contributed by atoms with Gasteiger partial charge in [0.25, 0.3) is 0 Å². The molecule has 1 rings (SSSR count). The third-order valence-corrected chi connectivity index (χ3v) is 3.31. The molecule has 0 fully saturated rings. The van der Waals surface area contributed by atoms with Crippen molar-refractivity contribution >= 4 is 11.7 Å². The summed E-state index contributed by atoms with van der Waals surface area (Å²) in [5, 5.41) is 12.2. The average Bonchev–Trinajstić information content (AvgIpc) is 2.36. The van der Waals surface area contributed by atoms with Crippen LogP contribution in [0.2, 0.25) is 0 Å². The van der Waals surface area contributed by atoms with Gasteiger partial charge in [-0.15, -0.1) is 0 Å². The van der Waals surface area contributed by atoms with Crippen LogP contribution in [0.25, 0.3) is 0 Å². The topological polar surface area (TPSA) is 52.6 Å². The zero-order chi connectivity index (χ0) is 13.8. The van der Waals surface area contributed by atoms with Crippen LogP contribution in [0.3, 0.4) is 0 Å². The minimum Gasteiger partial charge on any atom is -0.480 e. The summed E-state index contributed by atoms with van der Waals surface area (Å²) in [6, 6.07) is 8.12. The van der Waals surface area contributed by atoms with Crippen LogP contribution < -0.4 is 10.2 Å². The van der Waals surface area contributed by atoms with Gasteiger partial charge >= 0.3 is 5.97 Å². The van der Waals surface area contributed by atoms with Crippen LogP contribution in [0, 0.1) is 6.92 Å². The standard InChI is InChI=1S/C14H22N2O2/c1-5-16(10-14(3,15-4)13(17)18)12-8-6-11(2)7-9-12/h6-9,15H,5,10H2,1-4H3,(H,17,18). The summed E-state index contributed by atoms with van der Waals surface area (Å²) in [6.07, 6.45) is 0. The molecule has 18 heavy (non-hydrogen) atoms. The first kappa shape index (κ1) is 14.5. The lowest BCUT2D eigenvalue weighted by atomic mass is 10.0. The number of nitrogens with zero attached hydrogens (tertiary/aromatic N) is 1. The summed E-state index contributed by atoms with van der Waals surface area (Å²) in [5.74, 6) is -0.837. The number of aryl methyl sites for hydroxylation is 1. The van der Waals surface area contributed by atoms with Gasteiger partial charge in [-0.2, -0.15) is 0 Å². The summed E-state index contributed by atoms with van der Waals surface area (Å²) in [7, 11) is 1.68. The summed E-state index contributed by atoms with van der Waals surface area (Å²) < 4.78 is 0. The zero-order valence-corrected chi connectivity index (χ0v) is 11.5. The van der Waals surface area contributed by atoms with E-state index in [1.807, 2.05) is 38.1 Å². The highest BCUT2D eigenvalue weighted by Crippen LogP contribution is 2.18. The van der Waals surface area contributed by atoms with Crippen LogP contribution >= 0.6 is 0 Å². The van der Waals surface area contributed by atoms with E-state index in [0.29, 0.717) is 6.54 Å². The monoisotopic (exact) mass is 250 g/mol. The Kier molecular flexibility index (Phi) is 4.73. The first-order valence-corrected chi connectivity index (χ1v) is 6.17. The SMILES string of the molecule is CCN(CC(C)(NC)C(=O)O)c1ccc(C)cc1. The van der Waals surface area contributed by atoms with Crippen molar-refractivity contribution in [1.82, 2.24) is 5.32 Å². The van der Waals surface area contributed by atoms with E-state index in [4.69, 9.17) is 0 Å². The third-order valence-electron chi connectivity index (χ3n) is 3.31. The minimum atomic E-state index is -0.944. The number of aliphatic carboxylic acids is 1. The fourth-order valence-electron chi connectivity index (χ4n) is 1.78. The van der Waals surface area contributed by atoms with E-state index in [1.54, 1.807) is 14.0 Å². The highest BCUT2D eigenvalue weighted by atomic mass is 16.4. The molecule has 0 amide bonds. The number of carbonyl (C=O) groups is 1. The number of hydrogen-bond acceptors (Lipinski definition) is 3. The van der Waals surface area contributed by atoms with Gasteiger partial charge in [-0.3, -0.25) is 4.79 Å². The molecule has 0 aromatic heterocycles. The van der Waals surface area contributed by atoms with Gasteiger partial charge in [0.15, 0.2) is 0 Å². The second kappa shape index (κ2) is 5.87. The average molecular weight is 250 g/mol. The van der Waals surface area contributed by atoms with Gasteiger partial charge in [0.1, 0.15) is 5.54 Å². The summed E-state index contributed by atoms with van der Waals surface area (Å²) in [5.41, 5.74) is 1.30. The second-order valence-corrected chi connectivity index (χ2v) is 4.74. The summed E-state index contributed by atoms with van der Waals surface area (Å²) in [4.78, 5) is 13.4. The Morgan fingerprint density at radius 1 is 1.39 bits per heavy atom. The molecule has 0 heterocycles. The Labute approximate surface area is 109 Å². The van der Waals surface area contributed by atoms with Gasteiger partial charge in [0.2, 0.25) is 0 Å². The molecule has 0 radical (unpaired) electrons. The van der Waals surface area contributed by atoms with Crippen molar-refractivity contribution in [3.8, 4) is 0 Å². The number of benzene rings is 1. The number of rotatable bonds is 6. The third kappa shape index (κ3) is 3.23. The number of carboxylic acid groups (broad SMARTS) is 1. The smallest absolute Gasteiger partial charge is 0.325 e. The van der Waals surface area contributed by atoms with Crippen LogP contribution in [0.15, 0.2) is 24.3 Å². The lowest BCUT2D eigenvalue weighted by Gasteiger charge is -2.33. The number of hydrogen-bond donors (Lipinski definition) is 2. The Morgan fingerprint density at radius 2 is 1.94 bits per heavy atom. The van der Waals surface area contributed by atoms with E-state index in [9.17, 15) is 9.90 Å². The van der Waals surface area contributed by atoms with Gasteiger partial charge in [0.05, 0.1) is 0 Å². The minimum absolute atomic E-state index is 0.429. The van der Waals surface area contributed by atoms with Crippen LogP contribution in [-0.4, -0.2) is 36.8 Å². The molecule has 1 unspecified atom stereocenters. The van der Waals surface area contributed by atoms with E-state index in [2.05, 4.69) is 10.2 Å². The lowest BCUT2D eigenvalue weighted by molar-refractivity contribution is -0.143. The van der Waals surface area contributed by atoms with Crippen LogP contribution in [-0.2, 0) is 4.79 Å². The Morgan fingerprint density at radius 3 is 2.33 bits per heavy atom. The predicted molar refractivity (Wildman–Crippen MR) is 74.2 cm³/mol. The van der Waals surface area contributed by atoms with Crippen molar-refractivity contribution in [3.05, 3.63) is 29.8 Å². The van der Waals surface area contributed by atoms with Gasteiger partial charge in [0, 0.05) is 18.8 Å². The maximum Gasteiger partial charge on any atom is 0.325 e. The maximum atomic E-state index is 11.3. The molecule has 0 bridgehead atoms.